The molecule has 0 saturated heterocycles. The summed E-state index contributed by atoms with van der Waals surface area (Å²) in [6, 6.07) is 7.05. The molecule has 0 amide bonds. The van der Waals surface area contributed by atoms with Crippen LogP contribution in [0.1, 0.15) is 35.4 Å². The van der Waals surface area contributed by atoms with E-state index in [9.17, 15) is 18.0 Å². The number of carbonyl (C=O) groups is 1. The van der Waals surface area contributed by atoms with Gasteiger partial charge in [0.15, 0.2) is 11.5 Å². The molecule has 5 heteroatoms. The molecular weight excluding hydrogens is 257 g/mol. The summed E-state index contributed by atoms with van der Waals surface area (Å²) in [4.78, 5) is 11.7. The van der Waals surface area contributed by atoms with Gasteiger partial charge in [0.1, 0.15) is 5.58 Å². The van der Waals surface area contributed by atoms with E-state index in [1.807, 2.05) is 19.1 Å². The number of halogens is 3. The summed E-state index contributed by atoms with van der Waals surface area (Å²) in [5.74, 6) is -0.263. The van der Waals surface area contributed by atoms with Crippen LogP contribution in [0.2, 0.25) is 0 Å². The lowest BCUT2D eigenvalue weighted by Crippen LogP contribution is -2.08. The highest BCUT2D eigenvalue weighted by Gasteiger charge is 2.27. The number of carbonyl (C=O) groups excluding carboxylic acids is 1. The Morgan fingerprint density at radius 2 is 2.00 bits per heavy atom. The molecule has 0 aliphatic carbocycles. The van der Waals surface area contributed by atoms with Crippen LogP contribution in [0.25, 0.3) is 11.0 Å². The van der Waals surface area contributed by atoms with Crippen molar-refractivity contribution in [1.82, 2.24) is 0 Å². The Morgan fingerprint density at radius 3 is 2.68 bits per heavy atom. The van der Waals surface area contributed by atoms with E-state index in [2.05, 4.69) is 0 Å². The van der Waals surface area contributed by atoms with Gasteiger partial charge in [-0.15, -0.1) is 0 Å². The van der Waals surface area contributed by atoms with Gasteiger partial charge < -0.3 is 4.42 Å². The Hall–Kier alpha value is -1.78. The quantitative estimate of drug-likeness (QED) is 0.756. The summed E-state index contributed by atoms with van der Waals surface area (Å²) in [7, 11) is 0. The monoisotopic (exact) mass is 270 g/mol. The molecule has 0 aliphatic heterocycles. The first kappa shape index (κ1) is 13.6. The number of hydrogen-bond acceptors (Lipinski definition) is 2. The molecule has 0 spiro atoms. The number of hydrogen-bond donors (Lipinski definition) is 0. The molecule has 0 unspecified atom stereocenters. The number of benzene rings is 1. The van der Waals surface area contributed by atoms with Gasteiger partial charge in [-0.25, -0.2) is 0 Å². The molecule has 2 nitrogen and oxygen atoms in total. The summed E-state index contributed by atoms with van der Waals surface area (Å²) in [6.45, 7) is 1.91. The first-order valence-electron chi connectivity index (χ1n) is 5.95. The van der Waals surface area contributed by atoms with Crippen LogP contribution in [0.3, 0.4) is 0 Å². The Morgan fingerprint density at radius 1 is 1.26 bits per heavy atom. The molecule has 19 heavy (non-hydrogen) atoms. The Balaban J connectivity index is 2.05. The number of alkyl halides is 3. The lowest BCUT2D eigenvalue weighted by Gasteiger charge is -2.03. The maximum Gasteiger partial charge on any atom is 0.389 e. The summed E-state index contributed by atoms with van der Waals surface area (Å²) < 4.78 is 41.3. The fourth-order valence-electron chi connectivity index (χ4n) is 1.87. The molecule has 0 aliphatic rings. The maximum absolute atomic E-state index is 12.0. The number of ketones is 1. The zero-order valence-electron chi connectivity index (χ0n) is 10.4. The Bertz CT molecular complexity index is 596. The predicted octanol–water partition coefficient (Wildman–Crippen LogP) is 4.66. The molecule has 1 aromatic heterocycles. The van der Waals surface area contributed by atoms with E-state index in [4.69, 9.17) is 4.42 Å². The van der Waals surface area contributed by atoms with Gasteiger partial charge >= 0.3 is 6.18 Å². The fourth-order valence-corrected chi connectivity index (χ4v) is 1.87. The highest BCUT2D eigenvalue weighted by Crippen LogP contribution is 2.25. The summed E-state index contributed by atoms with van der Waals surface area (Å²) in [5, 5.41) is 0.791. The number of furan rings is 1. The number of aryl methyl sites for hydroxylation is 1. The van der Waals surface area contributed by atoms with Gasteiger partial charge in [0.2, 0.25) is 0 Å². The third kappa shape index (κ3) is 3.59. The van der Waals surface area contributed by atoms with E-state index in [0.717, 1.165) is 10.9 Å². The first-order chi connectivity index (χ1) is 8.85. The topological polar surface area (TPSA) is 30.2 Å². The summed E-state index contributed by atoms with van der Waals surface area (Å²) in [6.07, 6.45) is -5.53. The lowest BCUT2D eigenvalue weighted by atomic mass is 10.1. The van der Waals surface area contributed by atoms with Crippen molar-refractivity contribution in [1.29, 1.82) is 0 Å². The molecule has 0 fully saturated rings. The summed E-state index contributed by atoms with van der Waals surface area (Å²) >= 11 is 0. The third-order valence-electron chi connectivity index (χ3n) is 2.81. The van der Waals surface area contributed by atoms with E-state index in [-0.39, 0.29) is 18.6 Å². The second-order valence-electron chi connectivity index (χ2n) is 4.54. The van der Waals surface area contributed by atoms with Crippen LogP contribution in [0.5, 0.6) is 0 Å². The van der Waals surface area contributed by atoms with Crippen molar-refractivity contribution in [2.75, 3.05) is 0 Å². The second kappa shape index (κ2) is 5.07. The lowest BCUT2D eigenvalue weighted by molar-refractivity contribution is -0.135. The van der Waals surface area contributed by atoms with Gasteiger partial charge in [0.05, 0.1) is 0 Å². The summed E-state index contributed by atoms with van der Waals surface area (Å²) in [5.41, 5.74) is 1.61. The van der Waals surface area contributed by atoms with Crippen LogP contribution in [-0.4, -0.2) is 12.0 Å². The molecule has 0 radical (unpaired) electrons. The Kier molecular flexibility index (Phi) is 3.64. The predicted molar refractivity (Wildman–Crippen MR) is 65.2 cm³/mol. The minimum absolute atomic E-state index is 0.128. The molecule has 1 aromatic carbocycles. The van der Waals surface area contributed by atoms with Crippen LogP contribution in [0.4, 0.5) is 13.2 Å². The molecule has 2 aromatic rings. The highest BCUT2D eigenvalue weighted by atomic mass is 19.4. The molecule has 102 valence electrons. The largest absolute Gasteiger partial charge is 0.453 e. The van der Waals surface area contributed by atoms with Gasteiger partial charge in [-0.2, -0.15) is 13.2 Å². The fraction of sp³-hybridized carbons (Fsp3) is 0.357. The highest BCUT2D eigenvalue weighted by molar-refractivity contribution is 5.97. The van der Waals surface area contributed by atoms with Crippen LogP contribution in [0, 0.1) is 6.92 Å². The minimum Gasteiger partial charge on any atom is -0.453 e. The molecule has 2 rings (SSSR count). The average molecular weight is 270 g/mol. The van der Waals surface area contributed by atoms with Crippen LogP contribution < -0.4 is 0 Å². The number of rotatable bonds is 4. The van der Waals surface area contributed by atoms with Crippen molar-refractivity contribution in [3.8, 4) is 0 Å². The van der Waals surface area contributed by atoms with E-state index < -0.39 is 18.4 Å². The molecule has 1 heterocycles. The van der Waals surface area contributed by atoms with E-state index in [0.29, 0.717) is 5.58 Å². The zero-order valence-corrected chi connectivity index (χ0v) is 10.4. The van der Waals surface area contributed by atoms with E-state index >= 15 is 0 Å². The van der Waals surface area contributed by atoms with Crippen molar-refractivity contribution < 1.29 is 22.4 Å². The van der Waals surface area contributed by atoms with E-state index in [1.54, 1.807) is 12.1 Å². The van der Waals surface area contributed by atoms with Gasteiger partial charge in [0, 0.05) is 18.2 Å². The molecule has 0 N–H and O–H groups in total. The standard InChI is InChI=1S/C14H13F3O2/c1-9-4-5-12-10(7-9)8-13(19-12)11(18)3-2-6-14(15,16)17/h4-5,7-8H,2-3,6H2,1H3. The van der Waals surface area contributed by atoms with Gasteiger partial charge in [-0.3, -0.25) is 4.79 Å². The average Bonchev–Trinajstić information content (AvgIpc) is 2.70. The van der Waals surface area contributed by atoms with Gasteiger partial charge in [-0.05, 0) is 31.5 Å². The number of fused-ring (bicyclic) bond motifs is 1. The maximum atomic E-state index is 12.0. The SMILES string of the molecule is Cc1ccc2oc(C(=O)CCCC(F)(F)F)cc2c1. The molecule has 0 saturated carbocycles. The van der Waals surface area contributed by atoms with Gasteiger partial charge in [-0.1, -0.05) is 11.6 Å². The number of Topliss-reactive ketones (excluding diaryl/α,β-unsaturated/α-hetero) is 1. The van der Waals surface area contributed by atoms with Crippen molar-refractivity contribution in [3.63, 3.8) is 0 Å². The molecular formula is C14H13F3O2. The second-order valence-corrected chi connectivity index (χ2v) is 4.54. The van der Waals surface area contributed by atoms with Crippen LogP contribution >= 0.6 is 0 Å². The zero-order chi connectivity index (χ0) is 14.0. The first-order valence-corrected chi connectivity index (χ1v) is 5.95. The third-order valence-corrected chi connectivity index (χ3v) is 2.81. The molecule has 0 bridgehead atoms. The molecule has 0 atom stereocenters. The van der Waals surface area contributed by atoms with Crippen LogP contribution in [-0.2, 0) is 0 Å². The van der Waals surface area contributed by atoms with E-state index in [1.165, 1.54) is 0 Å². The van der Waals surface area contributed by atoms with Crippen molar-refractivity contribution in [2.24, 2.45) is 0 Å². The van der Waals surface area contributed by atoms with Crippen molar-refractivity contribution in [2.45, 2.75) is 32.4 Å². The normalized spacial score (nSPS) is 12.0. The minimum atomic E-state index is -4.22. The van der Waals surface area contributed by atoms with Gasteiger partial charge in [0.25, 0.3) is 0 Å². The smallest absolute Gasteiger partial charge is 0.389 e. The van der Waals surface area contributed by atoms with Crippen molar-refractivity contribution >= 4 is 16.8 Å². The van der Waals surface area contributed by atoms with Crippen molar-refractivity contribution in [3.05, 3.63) is 35.6 Å². The Labute approximate surface area is 108 Å². The van der Waals surface area contributed by atoms with Crippen LogP contribution in [0.15, 0.2) is 28.7 Å².